The van der Waals surface area contributed by atoms with E-state index in [9.17, 15) is 4.79 Å². The molecular weight excluding hydrogens is 290 g/mol. The van der Waals surface area contributed by atoms with Crippen LogP contribution in [0.1, 0.15) is 18.1 Å². The average molecular weight is 309 g/mol. The monoisotopic (exact) mass is 309 g/mol. The summed E-state index contributed by atoms with van der Waals surface area (Å²) in [6.07, 6.45) is 0. The minimum absolute atomic E-state index is 0.166. The van der Waals surface area contributed by atoms with Crippen LogP contribution in [0.15, 0.2) is 77.1 Å². The molecule has 0 bridgehead atoms. The molecule has 0 aliphatic carbocycles. The molecule has 0 aromatic heterocycles. The molecule has 0 aliphatic heterocycles. The van der Waals surface area contributed by atoms with Gasteiger partial charge in [-0.3, -0.25) is 4.79 Å². The predicted octanol–water partition coefficient (Wildman–Crippen LogP) is 4.78. The first kappa shape index (κ1) is 16.1. The second-order valence-corrected chi connectivity index (χ2v) is 5.93. The van der Waals surface area contributed by atoms with E-state index in [1.807, 2.05) is 47.9 Å². The maximum Gasteiger partial charge on any atom is 0.250 e. The van der Waals surface area contributed by atoms with Crippen LogP contribution in [0.5, 0.6) is 0 Å². The Morgan fingerprint density at radius 2 is 1.73 bits per heavy atom. The van der Waals surface area contributed by atoms with E-state index in [0.29, 0.717) is 5.57 Å². The molecule has 0 atom stereocenters. The fraction of sp³-hybridized carbons (Fsp3) is 0.105. The maximum atomic E-state index is 11.9. The number of thioether (sulfide) groups is 1. The summed E-state index contributed by atoms with van der Waals surface area (Å²) < 4.78 is 0. The number of hydrogen-bond acceptors (Lipinski definition) is 2. The van der Waals surface area contributed by atoms with Crippen molar-refractivity contribution in [1.82, 2.24) is 5.32 Å². The average Bonchev–Trinajstić information content (AvgIpc) is 2.53. The van der Waals surface area contributed by atoms with E-state index < -0.39 is 0 Å². The Labute approximate surface area is 135 Å². The van der Waals surface area contributed by atoms with Crippen molar-refractivity contribution >= 4 is 23.4 Å². The van der Waals surface area contributed by atoms with Gasteiger partial charge in [0.15, 0.2) is 0 Å². The van der Waals surface area contributed by atoms with E-state index >= 15 is 0 Å². The van der Waals surface area contributed by atoms with Crippen molar-refractivity contribution in [3.8, 4) is 0 Å². The highest BCUT2D eigenvalue weighted by atomic mass is 32.2. The summed E-state index contributed by atoms with van der Waals surface area (Å²) in [4.78, 5) is 13.1. The van der Waals surface area contributed by atoms with Crippen molar-refractivity contribution in [2.24, 2.45) is 0 Å². The van der Waals surface area contributed by atoms with Crippen molar-refractivity contribution in [3.05, 3.63) is 83.3 Å². The Morgan fingerprint density at radius 3 is 2.36 bits per heavy atom. The van der Waals surface area contributed by atoms with Gasteiger partial charge in [0.05, 0.1) is 5.70 Å². The third-order valence-electron chi connectivity index (χ3n) is 3.12. The van der Waals surface area contributed by atoms with E-state index in [0.717, 1.165) is 11.3 Å². The summed E-state index contributed by atoms with van der Waals surface area (Å²) in [5.74, 6) is -0.166. The first-order chi connectivity index (χ1) is 10.6. The van der Waals surface area contributed by atoms with Gasteiger partial charge in [0, 0.05) is 15.9 Å². The number of hydrogen-bond donors (Lipinski definition) is 1. The van der Waals surface area contributed by atoms with E-state index in [1.165, 1.54) is 10.5 Å². The van der Waals surface area contributed by atoms with E-state index in [4.69, 9.17) is 0 Å². The Balaban J connectivity index is 2.28. The van der Waals surface area contributed by atoms with E-state index in [-0.39, 0.29) is 5.91 Å². The van der Waals surface area contributed by atoms with Gasteiger partial charge in [0.25, 0.3) is 5.91 Å². The standard InChI is InChI=1S/C19H19NOS/c1-14(2)19(21)20-17(16-10-5-4-6-11-16)13-22-18-12-8-7-9-15(18)3/h4-13H,1H2,2-3H3,(H,20,21)/b17-13-. The van der Waals surface area contributed by atoms with Gasteiger partial charge in [-0.1, -0.05) is 66.9 Å². The summed E-state index contributed by atoms with van der Waals surface area (Å²) in [5.41, 5.74) is 3.45. The molecule has 2 aromatic carbocycles. The number of amides is 1. The summed E-state index contributed by atoms with van der Waals surface area (Å²) in [6, 6.07) is 18.0. The first-order valence-corrected chi connectivity index (χ1v) is 7.90. The topological polar surface area (TPSA) is 29.1 Å². The van der Waals surface area contributed by atoms with Crippen LogP contribution in [0.25, 0.3) is 5.70 Å². The van der Waals surface area contributed by atoms with E-state index in [1.54, 1.807) is 18.7 Å². The van der Waals surface area contributed by atoms with Gasteiger partial charge in [-0.15, -0.1) is 0 Å². The van der Waals surface area contributed by atoms with Gasteiger partial charge in [-0.05, 0) is 31.0 Å². The van der Waals surface area contributed by atoms with Crippen LogP contribution in [0.2, 0.25) is 0 Å². The van der Waals surface area contributed by atoms with Crippen molar-refractivity contribution in [3.63, 3.8) is 0 Å². The molecule has 2 rings (SSSR count). The van der Waals surface area contributed by atoms with Crippen molar-refractivity contribution in [2.45, 2.75) is 18.7 Å². The Kier molecular flexibility index (Phi) is 5.61. The molecular formula is C19H19NOS. The highest BCUT2D eigenvalue weighted by Gasteiger charge is 2.08. The molecule has 1 amide bonds. The Morgan fingerprint density at radius 1 is 1.09 bits per heavy atom. The second kappa shape index (κ2) is 7.66. The molecule has 0 unspecified atom stereocenters. The number of carbonyl (C=O) groups is 1. The first-order valence-electron chi connectivity index (χ1n) is 7.02. The molecule has 0 fully saturated rings. The zero-order chi connectivity index (χ0) is 15.9. The third-order valence-corrected chi connectivity index (χ3v) is 4.18. The molecule has 0 saturated carbocycles. The summed E-state index contributed by atoms with van der Waals surface area (Å²) in [7, 11) is 0. The second-order valence-electron chi connectivity index (χ2n) is 5.02. The zero-order valence-electron chi connectivity index (χ0n) is 12.8. The van der Waals surface area contributed by atoms with Gasteiger partial charge < -0.3 is 5.32 Å². The predicted molar refractivity (Wildman–Crippen MR) is 94.4 cm³/mol. The van der Waals surface area contributed by atoms with Crippen LogP contribution in [0.3, 0.4) is 0 Å². The molecule has 0 radical (unpaired) electrons. The molecule has 0 aliphatic rings. The number of benzene rings is 2. The molecule has 22 heavy (non-hydrogen) atoms. The van der Waals surface area contributed by atoms with Crippen LogP contribution in [0.4, 0.5) is 0 Å². The lowest BCUT2D eigenvalue weighted by atomic mass is 10.1. The van der Waals surface area contributed by atoms with Crippen molar-refractivity contribution in [1.29, 1.82) is 0 Å². The van der Waals surface area contributed by atoms with Gasteiger partial charge in [-0.25, -0.2) is 0 Å². The minimum atomic E-state index is -0.166. The molecule has 2 nitrogen and oxygen atoms in total. The number of carbonyl (C=O) groups excluding carboxylic acids is 1. The fourth-order valence-corrected chi connectivity index (χ4v) is 2.68. The number of rotatable bonds is 5. The Hall–Kier alpha value is -2.26. The van der Waals surface area contributed by atoms with Gasteiger partial charge in [-0.2, -0.15) is 0 Å². The molecule has 0 spiro atoms. The smallest absolute Gasteiger partial charge is 0.250 e. The van der Waals surface area contributed by atoms with Gasteiger partial charge >= 0.3 is 0 Å². The molecule has 1 N–H and O–H groups in total. The van der Waals surface area contributed by atoms with Gasteiger partial charge in [0.1, 0.15) is 0 Å². The lowest BCUT2D eigenvalue weighted by Crippen LogP contribution is -2.22. The Bertz CT molecular complexity index is 704. The third kappa shape index (κ3) is 4.37. The van der Waals surface area contributed by atoms with Crippen molar-refractivity contribution < 1.29 is 4.79 Å². The molecule has 0 heterocycles. The van der Waals surface area contributed by atoms with Crippen LogP contribution in [-0.4, -0.2) is 5.91 Å². The molecule has 112 valence electrons. The van der Waals surface area contributed by atoms with Crippen LogP contribution in [0, 0.1) is 6.92 Å². The summed E-state index contributed by atoms with van der Waals surface area (Å²) in [5, 5.41) is 4.89. The SMILES string of the molecule is C=C(C)C(=O)N/C(=C\Sc1ccccc1C)c1ccccc1. The van der Waals surface area contributed by atoms with Crippen LogP contribution < -0.4 is 5.32 Å². The highest BCUT2D eigenvalue weighted by molar-refractivity contribution is 8.02. The summed E-state index contributed by atoms with van der Waals surface area (Å²) in [6.45, 7) is 7.46. The van der Waals surface area contributed by atoms with Gasteiger partial charge in [0.2, 0.25) is 0 Å². The maximum absolute atomic E-state index is 11.9. The lowest BCUT2D eigenvalue weighted by Gasteiger charge is -2.11. The van der Waals surface area contributed by atoms with Crippen molar-refractivity contribution in [2.75, 3.05) is 0 Å². The number of aryl methyl sites for hydroxylation is 1. The van der Waals surface area contributed by atoms with Crippen LogP contribution in [-0.2, 0) is 4.79 Å². The number of nitrogens with one attached hydrogen (secondary N) is 1. The fourth-order valence-electron chi connectivity index (χ4n) is 1.83. The normalized spacial score (nSPS) is 11.1. The molecule has 3 heteroatoms. The molecule has 2 aromatic rings. The highest BCUT2D eigenvalue weighted by Crippen LogP contribution is 2.26. The minimum Gasteiger partial charge on any atom is -0.321 e. The summed E-state index contributed by atoms with van der Waals surface area (Å²) >= 11 is 1.60. The van der Waals surface area contributed by atoms with E-state index in [2.05, 4.69) is 31.0 Å². The van der Waals surface area contributed by atoms with Crippen LogP contribution >= 0.6 is 11.8 Å². The quantitative estimate of drug-likeness (QED) is 0.636. The lowest BCUT2D eigenvalue weighted by molar-refractivity contribution is -0.116. The largest absolute Gasteiger partial charge is 0.321 e. The zero-order valence-corrected chi connectivity index (χ0v) is 13.6. The molecule has 0 saturated heterocycles.